The number of unbranched alkanes of at least 4 members (excludes halogenated alkanes) is 6. The molecule has 7 atom stereocenters. The number of fused-ring (bicyclic) bond motifs is 7. The van der Waals surface area contributed by atoms with Crippen molar-refractivity contribution in [1.29, 1.82) is 0 Å². The Bertz CT molecular complexity index is 6530. The topological polar surface area (TPSA) is 715 Å². The number of anilines is 14. The van der Waals surface area contributed by atoms with E-state index in [0.717, 1.165) is 156 Å². The third-order valence-corrected chi connectivity index (χ3v) is 24.2. The van der Waals surface area contributed by atoms with Crippen LogP contribution in [0.15, 0.2) is 116 Å². The molecule has 14 rings (SSSR count). The van der Waals surface area contributed by atoms with Crippen molar-refractivity contribution in [2.45, 2.75) is 245 Å². The SMILES string of the molecule is CCCC[C@@H](CO)Nc1nc(N)nc2cc(F)cnc12.CCCC[C@@](C)(CCS(C)(=O)=O)Nc1nc(N)nc2cccnc12.CCCC[C@H](CCC(C)=O)Nc1nc(N)nc2cccnc12.CCCC[C@H](CCS(C)(=O)=O)Nc1nc(N)nc2cccnc12.CCCC[C@H](CN)Nc1nc(N)nc2cccnc12.CCCC[C@H](CO)Nc1nc(N)nc2cc(F)cnc12.C[C@@H](CN)Nc1nc(N)nc2cccnc12. The molecule has 0 aromatic carbocycles. The summed E-state index contributed by atoms with van der Waals surface area (Å²) in [5.74, 6) is 4.49. The van der Waals surface area contributed by atoms with Crippen LogP contribution in [-0.2, 0) is 24.5 Å². The van der Waals surface area contributed by atoms with Crippen LogP contribution in [0.25, 0.3) is 77.2 Å². The number of rotatable bonds is 45. The number of pyridine rings is 7. The van der Waals surface area contributed by atoms with Crippen molar-refractivity contribution in [3.05, 3.63) is 128 Å². The van der Waals surface area contributed by atoms with Crippen molar-refractivity contribution >= 4 is 185 Å². The first-order valence-electron chi connectivity index (χ1n) is 48.4. The number of hydrogen-bond donors (Lipinski definition) is 18. The van der Waals surface area contributed by atoms with Crippen LogP contribution in [0.4, 0.5) is 91.1 Å². The van der Waals surface area contributed by atoms with Gasteiger partial charge >= 0.3 is 0 Å². The molecule has 0 aliphatic heterocycles. The molecule has 778 valence electrons. The van der Waals surface area contributed by atoms with Gasteiger partial charge in [-0.25, -0.2) is 70.5 Å². The summed E-state index contributed by atoms with van der Waals surface area (Å²) in [5.41, 5.74) is 59.3. The van der Waals surface area contributed by atoms with Gasteiger partial charge in [-0.2, -0.15) is 34.9 Å². The number of ketones is 1. The molecule has 0 spiro atoms. The Hall–Kier alpha value is -14.1. The summed E-state index contributed by atoms with van der Waals surface area (Å²) in [7, 11) is -6.04. The Morgan fingerprint density at radius 1 is 0.361 bits per heavy atom. The Balaban J connectivity index is 0.000000206. The largest absolute Gasteiger partial charge is 0.394 e. The lowest BCUT2D eigenvalue weighted by Crippen LogP contribution is -2.37. The molecule has 0 fully saturated rings. The highest BCUT2D eigenvalue weighted by atomic mass is 32.2. The van der Waals surface area contributed by atoms with Gasteiger partial charge in [0.25, 0.3) is 0 Å². The Morgan fingerprint density at radius 3 is 0.944 bits per heavy atom. The molecule has 0 aliphatic carbocycles. The normalized spacial score (nSPS) is 12.9. The first-order valence-corrected chi connectivity index (χ1v) is 52.5. The fourth-order valence-corrected chi connectivity index (χ4v) is 16.2. The second-order valence-corrected chi connectivity index (χ2v) is 39.6. The van der Waals surface area contributed by atoms with E-state index in [4.69, 9.17) is 51.6 Å². The highest BCUT2D eigenvalue weighted by Crippen LogP contribution is 2.32. The molecule has 0 unspecified atom stereocenters. The number of halogens is 2. The van der Waals surface area contributed by atoms with E-state index < -0.39 is 36.8 Å². The van der Waals surface area contributed by atoms with Gasteiger partial charge in [-0.15, -0.1) is 0 Å². The van der Waals surface area contributed by atoms with E-state index in [2.05, 4.69) is 183 Å². The average Bonchev–Trinajstić information content (AvgIpc) is 0.803. The lowest BCUT2D eigenvalue weighted by Gasteiger charge is -2.31. The summed E-state index contributed by atoms with van der Waals surface area (Å²) < 4.78 is 72.4. The minimum absolute atomic E-state index is 0.00387. The average molecular weight is 2030 g/mol. The Kier molecular flexibility index (Phi) is 46.8. The number of sulfone groups is 2. The van der Waals surface area contributed by atoms with Gasteiger partial charge in [0.2, 0.25) is 41.6 Å². The summed E-state index contributed by atoms with van der Waals surface area (Å²) in [6.45, 7) is 19.3. The number of Topliss-reactive ketones (excluding diaryl/α,β-unsaturated/α-hetero) is 1. The van der Waals surface area contributed by atoms with Crippen LogP contribution < -0.4 is 88.8 Å². The second kappa shape index (κ2) is 58.5. The van der Waals surface area contributed by atoms with Gasteiger partial charge in [0.05, 0.1) is 87.8 Å². The van der Waals surface area contributed by atoms with Crippen LogP contribution in [-0.4, -0.2) is 230 Å². The van der Waals surface area contributed by atoms with E-state index in [1.165, 1.54) is 24.6 Å². The molecule has 14 aromatic heterocycles. The number of carbonyl (C=O) groups excluding carboxylic acids is 1. The lowest BCUT2D eigenvalue weighted by atomic mass is 9.92. The first kappa shape index (κ1) is 115. The molecule has 0 radical (unpaired) electrons. The number of nitrogen functional groups attached to an aromatic ring is 7. The van der Waals surface area contributed by atoms with Gasteiger partial charge in [0, 0.05) is 105 Å². The van der Waals surface area contributed by atoms with Gasteiger partial charge in [-0.05, 0) is 139 Å². The van der Waals surface area contributed by atoms with E-state index in [9.17, 15) is 40.6 Å². The Labute approximate surface area is 838 Å². The van der Waals surface area contributed by atoms with Gasteiger partial charge in [-0.3, -0.25) is 24.9 Å². The summed E-state index contributed by atoms with van der Waals surface area (Å²) in [6, 6.07) is 21.0. The van der Waals surface area contributed by atoms with Crippen LogP contribution in [0.1, 0.15) is 204 Å². The number of aliphatic hydroxyl groups excluding tert-OH is 2. The third kappa shape index (κ3) is 38.6. The number of carbonyl (C=O) groups is 1. The zero-order chi connectivity index (χ0) is 105. The van der Waals surface area contributed by atoms with Crippen LogP contribution in [0.2, 0.25) is 0 Å². The smallest absolute Gasteiger partial charge is 0.222 e. The molecule has 0 saturated heterocycles. The minimum Gasteiger partial charge on any atom is -0.394 e. The fraction of sp³-hybridized carbons (Fsp3) is 0.479. The van der Waals surface area contributed by atoms with Crippen molar-refractivity contribution in [2.24, 2.45) is 11.5 Å². The van der Waals surface area contributed by atoms with Crippen molar-refractivity contribution in [3.63, 3.8) is 0 Å². The fourth-order valence-electron chi connectivity index (χ4n) is 14.6. The van der Waals surface area contributed by atoms with E-state index in [1.54, 1.807) is 50.0 Å². The molecule has 14 aromatic rings. The van der Waals surface area contributed by atoms with Crippen molar-refractivity contribution in [1.82, 2.24) is 105 Å². The predicted molar refractivity (Wildman–Crippen MR) is 572 cm³/mol. The molecule has 27 N–H and O–H groups in total. The maximum absolute atomic E-state index is 13.2. The summed E-state index contributed by atoms with van der Waals surface area (Å²) in [5, 5.41) is 41.6. The van der Waals surface area contributed by atoms with Crippen LogP contribution >= 0.6 is 0 Å². The van der Waals surface area contributed by atoms with Gasteiger partial charge in [0.15, 0.2) is 40.7 Å². The van der Waals surface area contributed by atoms with Gasteiger partial charge in [0.1, 0.15) is 75.7 Å². The number of nitrogens with one attached hydrogen (secondary N) is 7. The highest BCUT2D eigenvalue weighted by molar-refractivity contribution is 7.90. The van der Waals surface area contributed by atoms with Crippen molar-refractivity contribution in [3.8, 4) is 0 Å². The van der Waals surface area contributed by atoms with Gasteiger partial charge < -0.3 is 104 Å². The molecule has 0 aliphatic rings. The number of nitrogens with two attached hydrogens (primary N) is 9. The number of hydrogen-bond acceptors (Lipinski definition) is 44. The predicted octanol–water partition coefficient (Wildman–Crippen LogP) is 12.7. The number of aliphatic hydroxyl groups is 2. The number of nitrogens with zero attached hydrogens (tertiary/aromatic N) is 21. The molecule has 48 heteroatoms. The highest BCUT2D eigenvalue weighted by Gasteiger charge is 2.28. The zero-order valence-electron chi connectivity index (χ0n) is 83.8. The summed E-state index contributed by atoms with van der Waals surface area (Å²) in [4.78, 5) is 98.8. The maximum Gasteiger partial charge on any atom is 0.222 e. The first-order chi connectivity index (χ1) is 68.9. The number of aromatic nitrogens is 21. The zero-order valence-corrected chi connectivity index (χ0v) is 85.5. The second-order valence-electron chi connectivity index (χ2n) is 35.0. The molecule has 14 heterocycles. The van der Waals surface area contributed by atoms with Crippen molar-refractivity contribution in [2.75, 3.05) is 128 Å². The molecule has 0 saturated carbocycles. The maximum atomic E-state index is 13.2. The monoisotopic (exact) mass is 2030 g/mol. The summed E-state index contributed by atoms with van der Waals surface area (Å²) >= 11 is 0. The van der Waals surface area contributed by atoms with Crippen molar-refractivity contribution < 1.29 is 40.6 Å². The van der Waals surface area contributed by atoms with E-state index in [0.29, 0.717) is 128 Å². The molecule has 144 heavy (non-hydrogen) atoms. The van der Waals surface area contributed by atoms with E-state index >= 15 is 0 Å². The summed E-state index contributed by atoms with van der Waals surface area (Å²) in [6.07, 6.45) is 33.4. The standard InChI is InChI=1S/C16H25N5O2S.C16H23N5O.C15H23N5O2S.2C13H18FN5O.C13H20N6.C10H14N6/c1-4-5-8-16(2,9-11-24(3,22)23)21-14-13-12(7-6-10-18-13)19-15(17)20-14;1-3-4-6-12(9-8-11(2)22)19-15-14-13(7-5-10-18-14)20-16(17)21-15;1-3-4-6-11(8-10-23(2,21)22)18-14-13-12(7-5-9-17-13)19-15(16)20-14;2*1-2-3-4-9(7-20)17-12-11-10(18-13(15)19-12)5-8(14)6-16-11;1-2-3-5-9(8-14)17-12-11-10(6-4-7-16-11)18-13(15)19-12;1-6(5-11)14-9-8-7(3-2-4-13-8)15-10(12)16-9/h6-7,10H,4-5,8-9,11H2,1-3H3,(H3,17,19,20,21);5,7,10,12H,3-4,6,8-9H2,1-2H3,(H3,17,19,20,21);5,7,9,11H,3-4,6,8,10H2,1-2H3,(H3,16,18,19,20);2*5-6,9,20H,2-4,7H2,1H3,(H3,15,17,18,19);4,6-7,9H,2-3,5,8,14H2,1H3,(H3,15,17,18,19);2-4,6H,5,11H2,1H3,(H3,12,14,15,16)/t16-;12-;11-;3*9-;6-/m0111010/s1. The van der Waals surface area contributed by atoms with Crippen LogP contribution in [0.5, 0.6) is 0 Å². The lowest BCUT2D eigenvalue weighted by molar-refractivity contribution is -0.117. The van der Waals surface area contributed by atoms with E-state index in [1.807, 2.05) is 62.4 Å². The van der Waals surface area contributed by atoms with Gasteiger partial charge in [-0.1, -0.05) is 119 Å². The van der Waals surface area contributed by atoms with E-state index in [-0.39, 0.29) is 108 Å². The van der Waals surface area contributed by atoms with Crippen LogP contribution in [0.3, 0.4) is 0 Å². The molecule has 44 nitrogen and oxygen atoms in total. The minimum atomic E-state index is -3.04. The molecular weight excluding hydrogens is 1890 g/mol. The quantitative estimate of drug-likeness (QED) is 0.0168. The molecule has 0 bridgehead atoms. The van der Waals surface area contributed by atoms with Crippen LogP contribution in [0, 0.1) is 11.6 Å². The molecular formula is C96H141F2N37O7S2. The Morgan fingerprint density at radius 2 is 0.639 bits per heavy atom. The third-order valence-electron chi connectivity index (χ3n) is 22.3. The molecule has 0 amide bonds.